The second-order valence-corrected chi connectivity index (χ2v) is 3.17. The molecule has 3 amide bonds. The number of nitrogens with one attached hydrogen (secondary N) is 1. The Bertz CT molecular complexity index is 391. The predicted molar refractivity (Wildman–Crippen MR) is 53.0 cm³/mol. The summed E-state index contributed by atoms with van der Waals surface area (Å²) in [6.45, 7) is 1.58. The van der Waals surface area contributed by atoms with Crippen LogP contribution in [0.4, 0.5) is 10.5 Å². The van der Waals surface area contributed by atoms with Gasteiger partial charge in [0.05, 0.1) is 5.69 Å². The topological polar surface area (TPSA) is 58.6 Å². The molecule has 1 aliphatic heterocycles. The van der Waals surface area contributed by atoms with Crippen LogP contribution in [0.25, 0.3) is 0 Å². The van der Waals surface area contributed by atoms with E-state index in [1.165, 1.54) is 0 Å². The molecule has 78 valence electrons. The molecule has 0 saturated carbocycles. The molecule has 1 fully saturated rings. The number of hydrogen-bond donors (Lipinski definition) is 1. The maximum Gasteiger partial charge on any atom is 0.352 e. The van der Waals surface area contributed by atoms with Crippen LogP contribution in [0.5, 0.6) is 0 Å². The number of imide groups is 1. The summed E-state index contributed by atoms with van der Waals surface area (Å²) in [4.78, 5) is 27.7. The molecule has 1 aromatic carbocycles. The largest absolute Gasteiger partial charge is 0.352 e. The third-order valence-corrected chi connectivity index (χ3v) is 2.04. The first-order valence-electron chi connectivity index (χ1n) is 4.55. The van der Waals surface area contributed by atoms with E-state index >= 15 is 0 Å². The molecular formula is C10H10N2O3. The van der Waals surface area contributed by atoms with Crippen LogP contribution in [-0.2, 0) is 9.63 Å². The zero-order valence-corrected chi connectivity index (χ0v) is 8.14. The van der Waals surface area contributed by atoms with Crippen LogP contribution >= 0.6 is 0 Å². The fourth-order valence-electron chi connectivity index (χ4n) is 1.25. The van der Waals surface area contributed by atoms with Gasteiger partial charge in [0.15, 0.2) is 6.10 Å². The van der Waals surface area contributed by atoms with Gasteiger partial charge in [-0.25, -0.2) is 4.79 Å². The second-order valence-electron chi connectivity index (χ2n) is 3.17. The van der Waals surface area contributed by atoms with E-state index in [1.807, 2.05) is 6.07 Å². The van der Waals surface area contributed by atoms with Crippen molar-refractivity contribution in [1.29, 1.82) is 0 Å². The highest BCUT2D eigenvalue weighted by Gasteiger charge is 2.31. The summed E-state index contributed by atoms with van der Waals surface area (Å²) in [7, 11) is 0. The molecule has 1 N–H and O–H groups in total. The number of urea groups is 1. The SMILES string of the molecule is C[C@H]1ON(c2ccccc2)C(=O)NC1=O. The molecule has 1 saturated heterocycles. The first-order chi connectivity index (χ1) is 7.18. The molecule has 0 aromatic heterocycles. The van der Waals surface area contributed by atoms with Gasteiger partial charge in [0, 0.05) is 0 Å². The first kappa shape index (κ1) is 9.67. The quantitative estimate of drug-likeness (QED) is 0.747. The van der Waals surface area contributed by atoms with Gasteiger partial charge in [-0.3, -0.25) is 14.9 Å². The van der Waals surface area contributed by atoms with E-state index in [0.717, 1.165) is 5.06 Å². The predicted octanol–water partition coefficient (Wildman–Crippen LogP) is 1.06. The number of para-hydroxylation sites is 1. The molecule has 0 aliphatic carbocycles. The summed E-state index contributed by atoms with van der Waals surface area (Å²) in [6, 6.07) is 8.29. The lowest BCUT2D eigenvalue weighted by atomic mass is 10.3. The zero-order valence-electron chi connectivity index (χ0n) is 8.14. The van der Waals surface area contributed by atoms with Crippen molar-refractivity contribution in [3.63, 3.8) is 0 Å². The highest BCUT2D eigenvalue weighted by atomic mass is 16.7. The molecule has 0 radical (unpaired) electrons. The standard InChI is InChI=1S/C10H10N2O3/c1-7-9(13)11-10(14)12(15-7)8-5-3-2-4-6-8/h2-7H,1H3,(H,11,13,14)/t7-/m1/s1. The average molecular weight is 206 g/mol. The van der Waals surface area contributed by atoms with Crippen molar-refractivity contribution in [3.8, 4) is 0 Å². The highest BCUT2D eigenvalue weighted by molar-refractivity contribution is 6.04. The summed E-state index contributed by atoms with van der Waals surface area (Å²) < 4.78 is 0. The minimum Gasteiger partial charge on any atom is -0.273 e. The van der Waals surface area contributed by atoms with E-state index in [2.05, 4.69) is 5.32 Å². The highest BCUT2D eigenvalue weighted by Crippen LogP contribution is 2.17. The van der Waals surface area contributed by atoms with Gasteiger partial charge in [0.2, 0.25) is 0 Å². The average Bonchev–Trinajstić information content (AvgIpc) is 2.25. The maximum atomic E-state index is 11.4. The number of hydroxylamine groups is 1. The van der Waals surface area contributed by atoms with Crippen LogP contribution < -0.4 is 10.4 Å². The smallest absolute Gasteiger partial charge is 0.273 e. The Balaban J connectivity index is 2.23. The third kappa shape index (κ3) is 1.82. The minimum atomic E-state index is -0.664. The summed E-state index contributed by atoms with van der Waals surface area (Å²) in [5.41, 5.74) is 0.592. The number of carbonyl (C=O) groups is 2. The second kappa shape index (κ2) is 3.70. The maximum absolute atomic E-state index is 11.4. The molecule has 5 heteroatoms. The lowest BCUT2D eigenvalue weighted by molar-refractivity contribution is -0.133. The van der Waals surface area contributed by atoms with Gasteiger partial charge in [-0.2, -0.15) is 5.06 Å². The number of hydrogen-bond acceptors (Lipinski definition) is 3. The third-order valence-electron chi connectivity index (χ3n) is 2.04. The molecule has 15 heavy (non-hydrogen) atoms. The monoisotopic (exact) mass is 206 g/mol. The van der Waals surface area contributed by atoms with Gasteiger partial charge < -0.3 is 0 Å². The molecule has 1 aliphatic rings. The fourth-order valence-corrected chi connectivity index (χ4v) is 1.25. The number of nitrogens with zero attached hydrogens (tertiary/aromatic N) is 1. The minimum absolute atomic E-state index is 0.424. The van der Waals surface area contributed by atoms with Gasteiger partial charge in [-0.15, -0.1) is 0 Å². The van der Waals surface area contributed by atoms with Crippen LogP contribution in [0, 0.1) is 0 Å². The number of anilines is 1. The number of benzene rings is 1. The Morgan fingerprint density at radius 3 is 2.60 bits per heavy atom. The Hall–Kier alpha value is -1.88. The molecule has 0 spiro atoms. The van der Waals surface area contributed by atoms with Crippen LogP contribution in [0.3, 0.4) is 0 Å². The molecule has 0 unspecified atom stereocenters. The van der Waals surface area contributed by atoms with E-state index in [9.17, 15) is 9.59 Å². The molecule has 2 rings (SSSR count). The molecule has 1 atom stereocenters. The summed E-state index contributed by atoms with van der Waals surface area (Å²) in [5, 5.41) is 3.28. The van der Waals surface area contributed by atoms with E-state index in [1.54, 1.807) is 31.2 Å². The first-order valence-corrected chi connectivity index (χ1v) is 4.55. The normalized spacial score (nSPS) is 21.4. The molecule has 1 heterocycles. The van der Waals surface area contributed by atoms with Crippen LogP contribution in [0.2, 0.25) is 0 Å². The Kier molecular flexibility index (Phi) is 2.39. The van der Waals surface area contributed by atoms with Gasteiger partial charge in [0.1, 0.15) is 0 Å². The molecular weight excluding hydrogens is 196 g/mol. The van der Waals surface area contributed by atoms with Gasteiger partial charge in [-0.1, -0.05) is 18.2 Å². The summed E-state index contributed by atoms with van der Waals surface area (Å²) in [5.74, 6) is -0.424. The van der Waals surface area contributed by atoms with E-state index in [-0.39, 0.29) is 0 Å². The zero-order chi connectivity index (χ0) is 10.8. The Morgan fingerprint density at radius 2 is 1.93 bits per heavy atom. The molecule has 5 nitrogen and oxygen atoms in total. The van der Waals surface area contributed by atoms with Gasteiger partial charge in [-0.05, 0) is 19.1 Å². The van der Waals surface area contributed by atoms with Crippen molar-refractivity contribution in [3.05, 3.63) is 30.3 Å². The lowest BCUT2D eigenvalue weighted by Gasteiger charge is -2.29. The number of rotatable bonds is 1. The summed E-state index contributed by atoms with van der Waals surface area (Å²) >= 11 is 0. The lowest BCUT2D eigenvalue weighted by Crippen LogP contribution is -2.54. The number of amides is 3. The number of carbonyl (C=O) groups excluding carboxylic acids is 2. The van der Waals surface area contributed by atoms with Crippen LogP contribution in [0.1, 0.15) is 6.92 Å². The van der Waals surface area contributed by atoms with Crippen LogP contribution in [0.15, 0.2) is 30.3 Å². The van der Waals surface area contributed by atoms with Crippen molar-refractivity contribution in [2.24, 2.45) is 0 Å². The van der Waals surface area contributed by atoms with E-state index in [0.29, 0.717) is 5.69 Å². The van der Waals surface area contributed by atoms with Crippen LogP contribution in [-0.4, -0.2) is 18.0 Å². The fraction of sp³-hybridized carbons (Fsp3) is 0.200. The van der Waals surface area contributed by atoms with E-state index < -0.39 is 18.0 Å². The van der Waals surface area contributed by atoms with Crippen molar-refractivity contribution >= 4 is 17.6 Å². The summed E-state index contributed by atoms with van der Waals surface area (Å²) in [6.07, 6.45) is -0.664. The van der Waals surface area contributed by atoms with Gasteiger partial charge >= 0.3 is 6.03 Å². The van der Waals surface area contributed by atoms with Gasteiger partial charge in [0.25, 0.3) is 5.91 Å². The molecule has 1 aromatic rings. The van der Waals surface area contributed by atoms with Crippen molar-refractivity contribution in [2.75, 3.05) is 5.06 Å². The van der Waals surface area contributed by atoms with E-state index in [4.69, 9.17) is 4.84 Å². The molecule has 0 bridgehead atoms. The Labute approximate surface area is 86.6 Å². The van der Waals surface area contributed by atoms with Crippen molar-refractivity contribution in [2.45, 2.75) is 13.0 Å². The van der Waals surface area contributed by atoms with Crippen molar-refractivity contribution < 1.29 is 14.4 Å². The van der Waals surface area contributed by atoms with Crippen molar-refractivity contribution in [1.82, 2.24) is 5.32 Å². The Morgan fingerprint density at radius 1 is 1.27 bits per heavy atom.